The number of nitrogens with zero attached hydrogens (tertiary/aromatic N) is 1. The van der Waals surface area contributed by atoms with Gasteiger partial charge in [-0.05, 0) is 24.6 Å². The lowest BCUT2D eigenvalue weighted by molar-refractivity contribution is 0.0696. The molecule has 0 aliphatic heterocycles. The van der Waals surface area contributed by atoms with Crippen LogP contribution >= 0.6 is 11.3 Å². The van der Waals surface area contributed by atoms with Crippen molar-refractivity contribution in [3.05, 3.63) is 45.9 Å². The van der Waals surface area contributed by atoms with Crippen LogP contribution in [0.15, 0.2) is 29.8 Å². The Balaban J connectivity index is 1.90. The minimum Gasteiger partial charge on any atom is -0.478 e. The fourth-order valence-corrected chi connectivity index (χ4v) is 2.45. The first-order chi connectivity index (χ1) is 10.1. The molecule has 0 radical (unpaired) electrons. The van der Waals surface area contributed by atoms with E-state index < -0.39 is 5.97 Å². The Morgan fingerprint density at radius 1 is 1.38 bits per heavy atom. The van der Waals surface area contributed by atoms with Crippen molar-refractivity contribution in [3.63, 3.8) is 0 Å². The molecule has 6 nitrogen and oxygen atoms in total. The SMILES string of the molecule is Cc1c(NC(=O)NCCc2nccs2)cccc1C(=O)O. The number of aromatic carboxylic acids is 1. The van der Waals surface area contributed by atoms with Crippen LogP contribution in [0.25, 0.3) is 0 Å². The van der Waals surface area contributed by atoms with E-state index in [4.69, 9.17) is 5.11 Å². The summed E-state index contributed by atoms with van der Waals surface area (Å²) in [4.78, 5) is 26.9. The Labute approximate surface area is 125 Å². The number of thiazole rings is 1. The zero-order valence-electron chi connectivity index (χ0n) is 11.4. The average Bonchev–Trinajstić information content (AvgIpc) is 2.94. The lowest BCUT2D eigenvalue weighted by Crippen LogP contribution is -2.30. The number of carboxylic acid groups (broad SMARTS) is 1. The molecule has 0 aliphatic rings. The Bertz CT molecular complexity index is 641. The predicted molar refractivity (Wildman–Crippen MR) is 81.0 cm³/mol. The maximum absolute atomic E-state index is 11.8. The highest BCUT2D eigenvalue weighted by molar-refractivity contribution is 7.09. The second kappa shape index (κ2) is 6.85. The fraction of sp³-hybridized carbons (Fsp3) is 0.214. The smallest absolute Gasteiger partial charge is 0.336 e. The second-order valence-electron chi connectivity index (χ2n) is 4.34. The molecule has 0 fully saturated rings. The maximum Gasteiger partial charge on any atom is 0.336 e. The van der Waals surface area contributed by atoms with E-state index in [1.807, 2.05) is 5.38 Å². The third-order valence-corrected chi connectivity index (χ3v) is 3.76. The summed E-state index contributed by atoms with van der Waals surface area (Å²) < 4.78 is 0. The third-order valence-electron chi connectivity index (χ3n) is 2.92. The monoisotopic (exact) mass is 305 g/mol. The Kier molecular flexibility index (Phi) is 4.89. The van der Waals surface area contributed by atoms with Crippen molar-refractivity contribution in [3.8, 4) is 0 Å². The van der Waals surface area contributed by atoms with Crippen LogP contribution in [-0.4, -0.2) is 28.6 Å². The molecule has 7 heteroatoms. The molecular weight excluding hydrogens is 290 g/mol. The van der Waals surface area contributed by atoms with Gasteiger partial charge in [0.1, 0.15) is 0 Å². The fourth-order valence-electron chi connectivity index (χ4n) is 1.83. The summed E-state index contributed by atoms with van der Waals surface area (Å²) in [5.74, 6) is -1.01. The molecule has 0 unspecified atom stereocenters. The number of hydrogen-bond donors (Lipinski definition) is 3. The number of hydrogen-bond acceptors (Lipinski definition) is 4. The van der Waals surface area contributed by atoms with E-state index in [-0.39, 0.29) is 11.6 Å². The number of urea groups is 1. The first-order valence-electron chi connectivity index (χ1n) is 6.34. The number of benzene rings is 1. The largest absolute Gasteiger partial charge is 0.478 e. The van der Waals surface area contributed by atoms with E-state index in [1.54, 1.807) is 25.3 Å². The third kappa shape index (κ3) is 4.03. The van der Waals surface area contributed by atoms with Crippen LogP contribution in [0.1, 0.15) is 20.9 Å². The van der Waals surface area contributed by atoms with Gasteiger partial charge in [-0.25, -0.2) is 14.6 Å². The van der Waals surface area contributed by atoms with Gasteiger partial charge in [-0.3, -0.25) is 0 Å². The van der Waals surface area contributed by atoms with Crippen LogP contribution in [0.3, 0.4) is 0 Å². The highest BCUT2D eigenvalue weighted by Gasteiger charge is 2.11. The maximum atomic E-state index is 11.8. The van der Waals surface area contributed by atoms with Gasteiger partial charge in [0.15, 0.2) is 0 Å². The lowest BCUT2D eigenvalue weighted by atomic mass is 10.1. The van der Waals surface area contributed by atoms with Gasteiger partial charge in [0, 0.05) is 30.2 Å². The van der Waals surface area contributed by atoms with Crippen molar-refractivity contribution in [2.24, 2.45) is 0 Å². The molecule has 110 valence electrons. The molecule has 1 aromatic carbocycles. The number of amides is 2. The number of nitrogens with one attached hydrogen (secondary N) is 2. The normalized spacial score (nSPS) is 10.1. The summed E-state index contributed by atoms with van der Waals surface area (Å²) in [6.07, 6.45) is 2.39. The summed E-state index contributed by atoms with van der Waals surface area (Å²) in [6.45, 7) is 2.13. The number of rotatable bonds is 5. The molecule has 0 atom stereocenters. The average molecular weight is 305 g/mol. The molecule has 2 aromatic rings. The van der Waals surface area contributed by atoms with Crippen molar-refractivity contribution in [1.29, 1.82) is 0 Å². The van der Waals surface area contributed by atoms with Crippen molar-refractivity contribution in [2.45, 2.75) is 13.3 Å². The van der Waals surface area contributed by atoms with E-state index >= 15 is 0 Å². The van der Waals surface area contributed by atoms with Crippen LogP contribution < -0.4 is 10.6 Å². The molecular formula is C14H15N3O3S. The van der Waals surface area contributed by atoms with Crippen LogP contribution in [-0.2, 0) is 6.42 Å². The van der Waals surface area contributed by atoms with Gasteiger partial charge in [0.25, 0.3) is 0 Å². The van der Waals surface area contributed by atoms with E-state index in [9.17, 15) is 9.59 Å². The van der Waals surface area contributed by atoms with Crippen molar-refractivity contribution < 1.29 is 14.7 Å². The molecule has 0 spiro atoms. The van der Waals surface area contributed by atoms with E-state index in [0.29, 0.717) is 24.2 Å². The van der Waals surface area contributed by atoms with E-state index in [1.165, 1.54) is 17.4 Å². The summed E-state index contributed by atoms with van der Waals surface area (Å²) in [5, 5.41) is 17.2. The summed E-state index contributed by atoms with van der Waals surface area (Å²) in [7, 11) is 0. The highest BCUT2D eigenvalue weighted by atomic mass is 32.1. The quantitative estimate of drug-likeness (QED) is 0.791. The molecule has 0 saturated heterocycles. The zero-order chi connectivity index (χ0) is 15.2. The number of carbonyl (C=O) groups excluding carboxylic acids is 1. The molecule has 3 N–H and O–H groups in total. The van der Waals surface area contributed by atoms with Crippen molar-refractivity contribution in [2.75, 3.05) is 11.9 Å². The highest BCUT2D eigenvalue weighted by Crippen LogP contribution is 2.18. The van der Waals surface area contributed by atoms with Gasteiger partial charge in [-0.2, -0.15) is 0 Å². The Morgan fingerprint density at radius 3 is 2.86 bits per heavy atom. The van der Waals surface area contributed by atoms with Crippen LogP contribution in [0, 0.1) is 6.92 Å². The van der Waals surface area contributed by atoms with E-state index in [2.05, 4.69) is 15.6 Å². The van der Waals surface area contributed by atoms with E-state index in [0.717, 1.165) is 5.01 Å². The summed E-state index contributed by atoms with van der Waals surface area (Å²) in [5.41, 5.74) is 1.19. The predicted octanol–water partition coefficient (Wildman–Crippen LogP) is 2.51. The minimum atomic E-state index is -1.01. The molecule has 2 amide bonds. The molecule has 1 heterocycles. The molecule has 0 saturated carbocycles. The molecule has 21 heavy (non-hydrogen) atoms. The molecule has 1 aromatic heterocycles. The topological polar surface area (TPSA) is 91.3 Å². The molecule has 0 aliphatic carbocycles. The van der Waals surface area contributed by atoms with Crippen LogP contribution in [0.4, 0.5) is 10.5 Å². The first kappa shape index (κ1) is 15.0. The summed E-state index contributed by atoms with van der Waals surface area (Å²) in [6, 6.07) is 4.41. The molecule has 0 bridgehead atoms. The van der Waals surface area contributed by atoms with Crippen molar-refractivity contribution >= 4 is 29.0 Å². The van der Waals surface area contributed by atoms with Gasteiger partial charge in [-0.1, -0.05) is 6.07 Å². The van der Waals surface area contributed by atoms with Gasteiger partial charge in [-0.15, -0.1) is 11.3 Å². The number of carbonyl (C=O) groups is 2. The Hall–Kier alpha value is -2.41. The Morgan fingerprint density at radius 2 is 2.19 bits per heavy atom. The van der Waals surface area contributed by atoms with Gasteiger partial charge in [0.05, 0.1) is 10.6 Å². The zero-order valence-corrected chi connectivity index (χ0v) is 12.2. The number of anilines is 1. The van der Waals surface area contributed by atoms with Gasteiger partial charge < -0.3 is 15.7 Å². The lowest BCUT2D eigenvalue weighted by Gasteiger charge is -2.11. The van der Waals surface area contributed by atoms with Crippen LogP contribution in [0.2, 0.25) is 0 Å². The summed E-state index contributed by atoms with van der Waals surface area (Å²) >= 11 is 1.54. The standard InChI is InChI=1S/C14H15N3O3S/c1-9-10(13(18)19)3-2-4-11(9)17-14(20)16-6-5-12-15-7-8-21-12/h2-4,7-8H,5-6H2,1H3,(H,18,19)(H2,16,17,20). The van der Waals surface area contributed by atoms with Crippen molar-refractivity contribution in [1.82, 2.24) is 10.3 Å². The van der Waals surface area contributed by atoms with Gasteiger partial charge >= 0.3 is 12.0 Å². The van der Waals surface area contributed by atoms with Crippen LogP contribution in [0.5, 0.6) is 0 Å². The number of aromatic nitrogens is 1. The minimum absolute atomic E-state index is 0.176. The van der Waals surface area contributed by atoms with Gasteiger partial charge in [0.2, 0.25) is 0 Å². The second-order valence-corrected chi connectivity index (χ2v) is 5.32. The first-order valence-corrected chi connectivity index (χ1v) is 7.22. The molecule has 2 rings (SSSR count). The number of carboxylic acids is 1.